The second-order valence-electron chi connectivity index (χ2n) is 7.00. The van der Waals surface area contributed by atoms with Crippen molar-refractivity contribution in [3.8, 4) is 0 Å². The van der Waals surface area contributed by atoms with Crippen LogP contribution in [0.25, 0.3) is 10.9 Å². The molecule has 0 spiro atoms. The molecule has 3 N–H and O–H groups in total. The lowest BCUT2D eigenvalue weighted by molar-refractivity contribution is 0.0838. The molecule has 6 heteroatoms. The number of aromatic nitrogens is 1. The lowest BCUT2D eigenvalue weighted by atomic mass is 10.00. The lowest BCUT2D eigenvalue weighted by Crippen LogP contribution is -2.42. The molecule has 3 aromatic rings. The first kappa shape index (κ1) is 17.7. The van der Waals surface area contributed by atoms with Crippen molar-refractivity contribution in [3.63, 3.8) is 0 Å². The number of aromatic amines is 1. The summed E-state index contributed by atoms with van der Waals surface area (Å²) in [5.74, 6) is -0.721. The number of amides is 1. The SMILES string of the molecule is O=C(NC[C@H](O)CN1CCc2ccccc2C1)c1cc2c(F)cccc2[nH]1. The van der Waals surface area contributed by atoms with E-state index in [1.165, 1.54) is 23.3 Å². The van der Waals surface area contributed by atoms with Crippen LogP contribution in [0.5, 0.6) is 0 Å². The van der Waals surface area contributed by atoms with Crippen molar-refractivity contribution in [2.45, 2.75) is 19.1 Å². The number of nitrogens with zero attached hydrogens (tertiary/aromatic N) is 1. The molecule has 1 aliphatic rings. The highest BCUT2D eigenvalue weighted by atomic mass is 19.1. The van der Waals surface area contributed by atoms with Crippen LogP contribution >= 0.6 is 0 Å². The number of H-pyrrole nitrogens is 1. The number of carbonyl (C=O) groups excluding carboxylic acids is 1. The summed E-state index contributed by atoms with van der Waals surface area (Å²) in [5.41, 5.74) is 3.52. The van der Waals surface area contributed by atoms with Crippen LogP contribution in [0.4, 0.5) is 4.39 Å². The highest BCUT2D eigenvalue weighted by Gasteiger charge is 2.19. The Labute approximate surface area is 156 Å². The third-order valence-electron chi connectivity index (χ3n) is 5.03. The van der Waals surface area contributed by atoms with Gasteiger partial charge in [-0.05, 0) is 35.7 Å². The van der Waals surface area contributed by atoms with Crippen molar-refractivity contribution in [1.82, 2.24) is 15.2 Å². The van der Waals surface area contributed by atoms with Gasteiger partial charge in [0.2, 0.25) is 0 Å². The van der Waals surface area contributed by atoms with Gasteiger partial charge in [0.05, 0.1) is 6.10 Å². The van der Waals surface area contributed by atoms with Gasteiger partial charge >= 0.3 is 0 Å². The molecule has 1 aromatic heterocycles. The van der Waals surface area contributed by atoms with Gasteiger partial charge in [-0.1, -0.05) is 30.3 Å². The normalized spacial score (nSPS) is 15.5. The van der Waals surface area contributed by atoms with Gasteiger partial charge in [0.1, 0.15) is 11.5 Å². The van der Waals surface area contributed by atoms with Crippen LogP contribution in [0.2, 0.25) is 0 Å². The third-order valence-corrected chi connectivity index (χ3v) is 5.03. The van der Waals surface area contributed by atoms with Gasteiger partial charge in [0.15, 0.2) is 0 Å². The van der Waals surface area contributed by atoms with Gasteiger partial charge < -0.3 is 15.4 Å². The number of aliphatic hydroxyl groups is 1. The zero-order valence-corrected chi connectivity index (χ0v) is 14.9. The highest BCUT2D eigenvalue weighted by Crippen LogP contribution is 2.19. The van der Waals surface area contributed by atoms with E-state index in [4.69, 9.17) is 0 Å². The van der Waals surface area contributed by atoms with E-state index in [2.05, 4.69) is 33.4 Å². The number of β-amino-alcohol motifs (C(OH)–C–C–N with tert-alkyl or cyclic N) is 1. The van der Waals surface area contributed by atoms with Crippen molar-refractivity contribution in [1.29, 1.82) is 0 Å². The van der Waals surface area contributed by atoms with Crippen LogP contribution in [-0.2, 0) is 13.0 Å². The Morgan fingerprint density at radius 1 is 1.22 bits per heavy atom. The van der Waals surface area contributed by atoms with Crippen molar-refractivity contribution >= 4 is 16.8 Å². The number of halogens is 1. The zero-order chi connectivity index (χ0) is 18.8. The fourth-order valence-corrected chi connectivity index (χ4v) is 3.62. The Hall–Kier alpha value is -2.70. The number of rotatable bonds is 5. The smallest absolute Gasteiger partial charge is 0.267 e. The molecule has 4 rings (SSSR count). The molecule has 0 saturated heterocycles. The summed E-state index contributed by atoms with van der Waals surface area (Å²) < 4.78 is 13.7. The monoisotopic (exact) mass is 367 g/mol. The summed E-state index contributed by atoms with van der Waals surface area (Å²) in [6.45, 7) is 2.34. The van der Waals surface area contributed by atoms with Crippen LogP contribution in [0.3, 0.4) is 0 Å². The molecule has 27 heavy (non-hydrogen) atoms. The molecule has 0 bridgehead atoms. The van der Waals surface area contributed by atoms with Gasteiger partial charge in [-0.2, -0.15) is 0 Å². The number of nitrogens with one attached hydrogen (secondary N) is 2. The third kappa shape index (κ3) is 3.86. The summed E-state index contributed by atoms with van der Waals surface area (Å²) in [5, 5.41) is 13.4. The van der Waals surface area contributed by atoms with Gasteiger partial charge in [-0.15, -0.1) is 0 Å². The standard InChI is InChI=1S/C21H22FN3O2/c22-18-6-3-7-19-17(18)10-20(24-19)21(27)23-11-16(26)13-25-9-8-14-4-1-2-5-15(14)12-25/h1-7,10,16,24,26H,8-9,11-13H2,(H,23,27)/t16-/m0/s1. The second-order valence-corrected chi connectivity index (χ2v) is 7.00. The average molecular weight is 367 g/mol. The van der Waals surface area contributed by atoms with Crippen LogP contribution in [0, 0.1) is 5.82 Å². The molecule has 0 unspecified atom stereocenters. The number of aliphatic hydroxyl groups excluding tert-OH is 1. The van der Waals surface area contributed by atoms with Crippen molar-refractivity contribution in [3.05, 3.63) is 71.2 Å². The maximum absolute atomic E-state index is 13.7. The lowest BCUT2D eigenvalue weighted by Gasteiger charge is -2.30. The van der Waals surface area contributed by atoms with E-state index in [0.717, 1.165) is 19.5 Å². The van der Waals surface area contributed by atoms with Gasteiger partial charge in [0.25, 0.3) is 5.91 Å². The molecule has 5 nitrogen and oxygen atoms in total. The minimum Gasteiger partial charge on any atom is -0.390 e. The Balaban J connectivity index is 1.31. The number of hydrogen-bond acceptors (Lipinski definition) is 3. The largest absolute Gasteiger partial charge is 0.390 e. The van der Waals surface area contributed by atoms with Crippen LogP contribution in [0.15, 0.2) is 48.5 Å². The average Bonchev–Trinajstić information content (AvgIpc) is 3.12. The first-order valence-corrected chi connectivity index (χ1v) is 9.13. The van der Waals surface area contributed by atoms with Crippen molar-refractivity contribution in [2.24, 2.45) is 0 Å². The molecular weight excluding hydrogens is 345 g/mol. The fourth-order valence-electron chi connectivity index (χ4n) is 3.62. The molecule has 2 heterocycles. The van der Waals surface area contributed by atoms with Gasteiger partial charge in [-0.3, -0.25) is 9.69 Å². The maximum atomic E-state index is 13.7. The van der Waals surface area contributed by atoms with E-state index in [1.54, 1.807) is 12.1 Å². The van der Waals surface area contributed by atoms with Crippen LogP contribution in [-0.4, -0.2) is 46.6 Å². The second kappa shape index (κ2) is 7.50. The summed E-state index contributed by atoms with van der Waals surface area (Å²) in [7, 11) is 0. The van der Waals surface area contributed by atoms with E-state index in [1.807, 2.05) is 6.07 Å². The molecule has 0 radical (unpaired) electrons. The molecule has 0 fully saturated rings. The number of fused-ring (bicyclic) bond motifs is 2. The molecule has 2 aromatic carbocycles. The Bertz CT molecular complexity index is 969. The highest BCUT2D eigenvalue weighted by molar-refractivity contribution is 5.98. The summed E-state index contributed by atoms with van der Waals surface area (Å²) in [4.78, 5) is 17.4. The van der Waals surface area contributed by atoms with Crippen molar-refractivity contribution in [2.75, 3.05) is 19.6 Å². The van der Waals surface area contributed by atoms with E-state index < -0.39 is 6.10 Å². The first-order chi connectivity index (χ1) is 13.1. The van der Waals surface area contributed by atoms with E-state index in [-0.39, 0.29) is 24.0 Å². The Morgan fingerprint density at radius 3 is 2.85 bits per heavy atom. The predicted octanol–water partition coefficient (Wildman–Crippen LogP) is 2.46. The predicted molar refractivity (Wildman–Crippen MR) is 102 cm³/mol. The quantitative estimate of drug-likeness (QED) is 0.649. The molecule has 0 aliphatic carbocycles. The number of hydrogen-bond donors (Lipinski definition) is 3. The molecule has 1 aliphatic heterocycles. The number of carbonyl (C=O) groups is 1. The maximum Gasteiger partial charge on any atom is 0.267 e. The first-order valence-electron chi connectivity index (χ1n) is 9.13. The Morgan fingerprint density at radius 2 is 2.04 bits per heavy atom. The van der Waals surface area contributed by atoms with Crippen molar-refractivity contribution < 1.29 is 14.3 Å². The van der Waals surface area contributed by atoms with E-state index in [0.29, 0.717) is 17.4 Å². The topological polar surface area (TPSA) is 68.4 Å². The molecule has 140 valence electrons. The Kier molecular flexibility index (Phi) is 4.92. The van der Waals surface area contributed by atoms with E-state index in [9.17, 15) is 14.3 Å². The number of benzene rings is 2. The van der Waals surface area contributed by atoms with Crippen LogP contribution in [0.1, 0.15) is 21.6 Å². The van der Waals surface area contributed by atoms with Crippen LogP contribution < -0.4 is 5.32 Å². The minimum atomic E-state index is -0.666. The van der Waals surface area contributed by atoms with E-state index >= 15 is 0 Å². The summed E-state index contributed by atoms with van der Waals surface area (Å²) in [6, 6.07) is 14.5. The molecular formula is C21H22FN3O2. The van der Waals surface area contributed by atoms with Gasteiger partial charge in [-0.25, -0.2) is 4.39 Å². The fraction of sp³-hybridized carbons (Fsp3) is 0.286. The molecule has 1 amide bonds. The molecule has 1 atom stereocenters. The molecule has 0 saturated carbocycles. The summed E-state index contributed by atoms with van der Waals surface area (Å²) >= 11 is 0. The minimum absolute atomic E-state index is 0.148. The summed E-state index contributed by atoms with van der Waals surface area (Å²) in [6.07, 6.45) is 0.302. The van der Waals surface area contributed by atoms with Gasteiger partial charge in [0, 0.05) is 37.1 Å². The zero-order valence-electron chi connectivity index (χ0n) is 14.9.